The number of hydrogen-bond acceptors (Lipinski definition) is 8. The molecular formula is C16H32N2O9. The van der Waals surface area contributed by atoms with E-state index in [0.29, 0.717) is 13.1 Å². The molecule has 0 amide bonds. The minimum Gasteiger partial charge on any atom is -0.481 e. The van der Waals surface area contributed by atoms with Gasteiger partial charge in [-0.3, -0.25) is 24.0 Å². The number of carboxylic acid groups (broad SMARTS) is 3. The molecule has 0 aliphatic heterocycles. The van der Waals surface area contributed by atoms with Crippen molar-refractivity contribution in [2.45, 2.75) is 53.4 Å². The summed E-state index contributed by atoms with van der Waals surface area (Å²) in [7, 11) is 0. The van der Waals surface area contributed by atoms with E-state index in [1.165, 1.54) is 0 Å². The molecule has 0 spiro atoms. The van der Waals surface area contributed by atoms with Gasteiger partial charge in [0.15, 0.2) is 0 Å². The second-order valence-corrected chi connectivity index (χ2v) is 4.41. The molecule has 0 aromatic rings. The van der Waals surface area contributed by atoms with Crippen molar-refractivity contribution in [1.29, 1.82) is 0 Å². The molecule has 11 heteroatoms. The van der Waals surface area contributed by atoms with Crippen LogP contribution in [-0.2, 0) is 28.7 Å². The average Bonchev–Trinajstić information content (AvgIpc) is 2.63. The molecule has 0 unspecified atom stereocenters. The van der Waals surface area contributed by atoms with Gasteiger partial charge in [0.25, 0.3) is 0 Å². The smallest absolute Gasteiger partial charge is 0.327 e. The topological polar surface area (TPSA) is 193 Å². The lowest BCUT2D eigenvalue weighted by molar-refractivity contribution is -0.158. The molecule has 0 radical (unpaired) electrons. The van der Waals surface area contributed by atoms with Gasteiger partial charge in [0.2, 0.25) is 0 Å². The van der Waals surface area contributed by atoms with E-state index in [9.17, 15) is 24.0 Å². The minimum atomic E-state index is -0.745. The van der Waals surface area contributed by atoms with E-state index in [1.807, 2.05) is 0 Å². The first-order valence-electron chi connectivity index (χ1n) is 8.31. The third-order valence-electron chi connectivity index (χ3n) is 2.01. The Balaban J connectivity index is -0.000000147. The second kappa shape index (κ2) is 25.7. The molecule has 0 aliphatic rings. The number of aliphatic carboxylic acids is 3. The summed E-state index contributed by atoms with van der Waals surface area (Å²) < 4.78 is 4.36. The van der Waals surface area contributed by atoms with Gasteiger partial charge in [0.1, 0.15) is 0 Å². The second-order valence-electron chi connectivity index (χ2n) is 4.41. The van der Waals surface area contributed by atoms with Crippen molar-refractivity contribution in [3.63, 3.8) is 0 Å². The maximum Gasteiger partial charge on any atom is 0.327 e. The standard InChI is InChI=1S/C7H14N2O3.3C3H6O2/c1-2-6(10)12-7(11)5-9-4-3-8;3*1-2-3(4)5/h9H,2-5,8H2,1H3;3*2H2,1H3,(H,4,5). The first-order valence-corrected chi connectivity index (χ1v) is 8.31. The van der Waals surface area contributed by atoms with E-state index in [-0.39, 0.29) is 32.2 Å². The van der Waals surface area contributed by atoms with Crippen LogP contribution in [-0.4, -0.2) is 64.8 Å². The first-order chi connectivity index (χ1) is 12.5. The van der Waals surface area contributed by atoms with Gasteiger partial charge >= 0.3 is 29.8 Å². The lowest BCUT2D eigenvalue weighted by atomic mass is 10.5. The zero-order valence-corrected chi connectivity index (χ0v) is 16.3. The highest BCUT2D eigenvalue weighted by molar-refractivity contribution is 5.86. The summed E-state index contributed by atoms with van der Waals surface area (Å²) >= 11 is 0. The molecule has 0 aliphatic carbocycles. The van der Waals surface area contributed by atoms with Gasteiger partial charge in [-0.15, -0.1) is 0 Å². The zero-order valence-electron chi connectivity index (χ0n) is 16.3. The predicted molar refractivity (Wildman–Crippen MR) is 97.1 cm³/mol. The van der Waals surface area contributed by atoms with E-state index in [0.717, 1.165) is 0 Å². The van der Waals surface area contributed by atoms with Crippen molar-refractivity contribution in [3.05, 3.63) is 0 Å². The van der Waals surface area contributed by atoms with Crippen molar-refractivity contribution in [3.8, 4) is 0 Å². The third kappa shape index (κ3) is 51.7. The summed E-state index contributed by atoms with van der Waals surface area (Å²) in [5.74, 6) is -3.30. The van der Waals surface area contributed by atoms with Crippen LogP contribution < -0.4 is 11.1 Å². The van der Waals surface area contributed by atoms with Gasteiger partial charge in [0.05, 0.1) is 6.54 Å². The van der Waals surface area contributed by atoms with Crippen LogP contribution in [0.15, 0.2) is 0 Å². The summed E-state index contributed by atoms with van der Waals surface area (Å²) in [6, 6.07) is 0. The van der Waals surface area contributed by atoms with Crippen molar-refractivity contribution in [2.24, 2.45) is 5.73 Å². The van der Waals surface area contributed by atoms with Gasteiger partial charge in [-0.1, -0.05) is 27.7 Å². The summed E-state index contributed by atoms with van der Waals surface area (Å²) in [5.41, 5.74) is 5.16. The average molecular weight is 396 g/mol. The molecule has 0 fully saturated rings. The minimum absolute atomic E-state index is 0.0307. The highest BCUT2D eigenvalue weighted by Gasteiger charge is 2.06. The van der Waals surface area contributed by atoms with E-state index in [2.05, 4.69) is 10.1 Å². The van der Waals surface area contributed by atoms with Crippen LogP contribution >= 0.6 is 0 Å². The Morgan fingerprint density at radius 1 is 0.741 bits per heavy atom. The normalized spacial score (nSPS) is 8.33. The lowest BCUT2D eigenvalue weighted by Gasteiger charge is -2.01. The number of esters is 2. The highest BCUT2D eigenvalue weighted by atomic mass is 16.6. The molecule has 0 atom stereocenters. The molecule has 160 valence electrons. The first kappa shape index (κ1) is 32.2. The molecule has 6 N–H and O–H groups in total. The molecule has 0 bridgehead atoms. The number of hydrogen-bond donors (Lipinski definition) is 5. The molecule has 0 saturated carbocycles. The van der Waals surface area contributed by atoms with Crippen LogP contribution in [0.4, 0.5) is 0 Å². The van der Waals surface area contributed by atoms with Gasteiger partial charge in [0, 0.05) is 38.8 Å². The Morgan fingerprint density at radius 3 is 1.30 bits per heavy atom. The lowest BCUT2D eigenvalue weighted by Crippen LogP contribution is -2.30. The van der Waals surface area contributed by atoms with Gasteiger partial charge in [-0.25, -0.2) is 0 Å². The number of carboxylic acids is 3. The third-order valence-corrected chi connectivity index (χ3v) is 2.01. The maximum absolute atomic E-state index is 10.7. The van der Waals surface area contributed by atoms with Crippen LogP contribution in [0, 0.1) is 0 Å². The molecule has 27 heavy (non-hydrogen) atoms. The fourth-order valence-electron chi connectivity index (χ4n) is 0.528. The predicted octanol–water partition coefficient (Wildman–Crippen LogP) is 0.458. The maximum atomic E-state index is 10.7. The van der Waals surface area contributed by atoms with E-state index >= 15 is 0 Å². The summed E-state index contributed by atoms with van der Waals surface area (Å²) in [5, 5.41) is 25.9. The Labute approximate surface area is 158 Å². The Morgan fingerprint density at radius 2 is 1.07 bits per heavy atom. The summed E-state index contributed by atoms with van der Waals surface area (Å²) in [6.45, 7) is 7.45. The van der Waals surface area contributed by atoms with Crippen molar-refractivity contribution < 1.29 is 44.0 Å². The Kier molecular flexibility index (Phi) is 30.6. The van der Waals surface area contributed by atoms with Gasteiger partial charge < -0.3 is 31.1 Å². The molecule has 11 nitrogen and oxygen atoms in total. The van der Waals surface area contributed by atoms with E-state index in [1.54, 1.807) is 27.7 Å². The molecule has 0 heterocycles. The van der Waals surface area contributed by atoms with Gasteiger partial charge in [-0.2, -0.15) is 0 Å². The van der Waals surface area contributed by atoms with Crippen molar-refractivity contribution in [2.75, 3.05) is 19.6 Å². The van der Waals surface area contributed by atoms with Crippen LogP contribution in [0.5, 0.6) is 0 Å². The molecule has 0 aromatic heterocycles. The molecule has 0 aromatic carbocycles. The monoisotopic (exact) mass is 396 g/mol. The largest absolute Gasteiger partial charge is 0.481 e. The number of nitrogens with two attached hydrogens (primary N) is 1. The van der Waals surface area contributed by atoms with Crippen molar-refractivity contribution in [1.82, 2.24) is 5.32 Å². The SMILES string of the molecule is CCC(=O)O.CCC(=O)O.CCC(=O)O.CCC(=O)OC(=O)CNCCN. The zero-order chi connectivity index (χ0) is 22.3. The Bertz CT molecular complexity index is 393. The highest BCUT2D eigenvalue weighted by Crippen LogP contribution is 1.84. The van der Waals surface area contributed by atoms with Crippen LogP contribution in [0.3, 0.4) is 0 Å². The van der Waals surface area contributed by atoms with Crippen LogP contribution in [0.2, 0.25) is 0 Å². The number of ether oxygens (including phenoxy) is 1. The number of nitrogens with one attached hydrogen (secondary N) is 1. The fraction of sp³-hybridized carbons (Fsp3) is 0.688. The van der Waals surface area contributed by atoms with E-state index < -0.39 is 29.8 Å². The quantitative estimate of drug-likeness (QED) is 0.217. The number of rotatable bonds is 8. The fourth-order valence-corrected chi connectivity index (χ4v) is 0.528. The molecule has 0 rings (SSSR count). The Hall–Kier alpha value is -2.53. The molecule has 0 saturated heterocycles. The summed E-state index contributed by atoms with van der Waals surface area (Å²) in [6.07, 6.45) is 0.878. The van der Waals surface area contributed by atoms with Crippen LogP contribution in [0.1, 0.15) is 53.4 Å². The molecular weight excluding hydrogens is 364 g/mol. The van der Waals surface area contributed by atoms with Crippen LogP contribution in [0.25, 0.3) is 0 Å². The number of carbonyl (C=O) groups is 5. The van der Waals surface area contributed by atoms with Gasteiger partial charge in [-0.05, 0) is 0 Å². The summed E-state index contributed by atoms with van der Waals surface area (Å²) in [4.78, 5) is 49.4. The van der Waals surface area contributed by atoms with Crippen molar-refractivity contribution >= 4 is 29.8 Å². The number of carbonyl (C=O) groups excluding carboxylic acids is 2. The van der Waals surface area contributed by atoms with E-state index in [4.69, 9.17) is 21.1 Å².